The summed E-state index contributed by atoms with van der Waals surface area (Å²) < 4.78 is 6.85. The van der Waals surface area contributed by atoms with Gasteiger partial charge in [0.05, 0.1) is 11.3 Å². The summed E-state index contributed by atoms with van der Waals surface area (Å²) in [6.07, 6.45) is 1.57. The number of hydrogen-bond donors (Lipinski definition) is 2. The fraction of sp³-hybridized carbons (Fsp3) is 0.273. The highest BCUT2D eigenvalue weighted by Crippen LogP contribution is 2.15. The SMILES string of the molecule is Cc1cccc2nc(C(=O)OCC(=O)Nc3ccccc3C(=O)NCC(C)C)cn12. The van der Waals surface area contributed by atoms with Crippen LogP contribution < -0.4 is 10.6 Å². The van der Waals surface area contributed by atoms with Crippen molar-refractivity contribution in [1.29, 1.82) is 0 Å². The van der Waals surface area contributed by atoms with Crippen LogP contribution in [0.25, 0.3) is 5.65 Å². The van der Waals surface area contributed by atoms with Crippen LogP contribution in [0.2, 0.25) is 0 Å². The predicted octanol–water partition coefficient (Wildman–Crippen LogP) is 2.82. The van der Waals surface area contributed by atoms with Crippen LogP contribution in [0.3, 0.4) is 0 Å². The molecule has 0 aliphatic carbocycles. The summed E-state index contributed by atoms with van der Waals surface area (Å²) >= 11 is 0. The molecule has 30 heavy (non-hydrogen) atoms. The number of pyridine rings is 1. The Balaban J connectivity index is 1.61. The fourth-order valence-corrected chi connectivity index (χ4v) is 2.82. The van der Waals surface area contributed by atoms with Crippen molar-refractivity contribution in [3.63, 3.8) is 0 Å². The first-order chi connectivity index (χ1) is 14.3. The molecule has 0 aliphatic heterocycles. The fourth-order valence-electron chi connectivity index (χ4n) is 2.82. The number of aryl methyl sites for hydroxylation is 1. The molecule has 156 valence electrons. The van der Waals surface area contributed by atoms with Crippen LogP contribution in [0.15, 0.2) is 48.7 Å². The van der Waals surface area contributed by atoms with E-state index in [1.807, 2.05) is 32.9 Å². The quantitative estimate of drug-likeness (QED) is 0.586. The molecule has 8 heteroatoms. The average Bonchev–Trinajstić information content (AvgIpc) is 3.16. The number of hydrogen-bond acceptors (Lipinski definition) is 5. The number of imidazole rings is 1. The van der Waals surface area contributed by atoms with Gasteiger partial charge >= 0.3 is 5.97 Å². The first-order valence-corrected chi connectivity index (χ1v) is 9.64. The van der Waals surface area contributed by atoms with E-state index >= 15 is 0 Å². The van der Waals surface area contributed by atoms with Crippen molar-refractivity contribution >= 4 is 29.1 Å². The highest BCUT2D eigenvalue weighted by Gasteiger charge is 2.17. The monoisotopic (exact) mass is 408 g/mol. The number of para-hydroxylation sites is 1. The molecule has 2 heterocycles. The maximum absolute atomic E-state index is 12.4. The predicted molar refractivity (Wildman–Crippen MR) is 112 cm³/mol. The molecule has 0 unspecified atom stereocenters. The van der Waals surface area contributed by atoms with Crippen molar-refractivity contribution in [3.8, 4) is 0 Å². The molecule has 8 nitrogen and oxygen atoms in total. The zero-order chi connectivity index (χ0) is 21.7. The molecular weight excluding hydrogens is 384 g/mol. The van der Waals surface area contributed by atoms with Gasteiger partial charge in [0.15, 0.2) is 12.3 Å². The van der Waals surface area contributed by atoms with Crippen LogP contribution in [-0.4, -0.2) is 40.3 Å². The first kappa shape index (κ1) is 21.0. The summed E-state index contributed by atoms with van der Waals surface area (Å²) in [6, 6.07) is 12.2. The van der Waals surface area contributed by atoms with Crippen molar-refractivity contribution in [3.05, 3.63) is 65.6 Å². The zero-order valence-corrected chi connectivity index (χ0v) is 17.1. The highest BCUT2D eigenvalue weighted by atomic mass is 16.5. The van der Waals surface area contributed by atoms with E-state index in [-0.39, 0.29) is 11.6 Å². The van der Waals surface area contributed by atoms with Crippen LogP contribution in [0.5, 0.6) is 0 Å². The van der Waals surface area contributed by atoms with Crippen molar-refractivity contribution in [2.24, 2.45) is 5.92 Å². The summed E-state index contributed by atoms with van der Waals surface area (Å²) in [4.78, 5) is 41.1. The number of esters is 1. The minimum absolute atomic E-state index is 0.116. The Kier molecular flexibility index (Phi) is 6.46. The Hall–Kier alpha value is -3.68. The molecule has 2 amide bonds. The standard InChI is InChI=1S/C22H24N4O4/c1-14(2)11-23-21(28)16-8-4-5-9-17(16)25-20(27)13-30-22(29)18-12-26-15(3)7-6-10-19(26)24-18/h4-10,12,14H,11,13H2,1-3H3,(H,23,28)(H,25,27). The van der Waals surface area contributed by atoms with Gasteiger partial charge in [-0.15, -0.1) is 0 Å². The molecule has 0 spiro atoms. The van der Waals surface area contributed by atoms with Crippen molar-refractivity contribution in [1.82, 2.24) is 14.7 Å². The number of nitrogens with zero attached hydrogens (tertiary/aromatic N) is 2. The van der Waals surface area contributed by atoms with Gasteiger partial charge in [0.1, 0.15) is 5.65 Å². The summed E-state index contributed by atoms with van der Waals surface area (Å²) in [7, 11) is 0. The number of carbonyl (C=O) groups excluding carboxylic acids is 3. The Labute approximate surface area is 174 Å². The maximum Gasteiger partial charge on any atom is 0.359 e. The molecule has 0 saturated heterocycles. The van der Waals surface area contributed by atoms with E-state index in [1.165, 1.54) is 0 Å². The summed E-state index contributed by atoms with van der Waals surface area (Å²) in [5, 5.41) is 5.43. The largest absolute Gasteiger partial charge is 0.451 e. The molecule has 0 fully saturated rings. The molecule has 2 aromatic heterocycles. The molecule has 0 atom stereocenters. The van der Waals surface area contributed by atoms with E-state index < -0.39 is 18.5 Å². The third kappa shape index (κ3) is 5.02. The lowest BCUT2D eigenvalue weighted by molar-refractivity contribution is -0.119. The van der Waals surface area contributed by atoms with Crippen molar-refractivity contribution in [2.45, 2.75) is 20.8 Å². The van der Waals surface area contributed by atoms with Gasteiger partial charge < -0.3 is 19.8 Å². The molecule has 3 rings (SSSR count). The lowest BCUT2D eigenvalue weighted by Crippen LogP contribution is -2.29. The van der Waals surface area contributed by atoms with Crippen molar-refractivity contribution in [2.75, 3.05) is 18.5 Å². The number of nitrogens with one attached hydrogen (secondary N) is 2. The van der Waals surface area contributed by atoms with E-state index in [2.05, 4.69) is 15.6 Å². The third-order valence-electron chi connectivity index (χ3n) is 4.36. The minimum atomic E-state index is -0.698. The van der Waals surface area contributed by atoms with Gasteiger partial charge in [0.25, 0.3) is 11.8 Å². The molecule has 0 aliphatic rings. The van der Waals surface area contributed by atoms with E-state index in [1.54, 1.807) is 40.9 Å². The van der Waals surface area contributed by atoms with Crippen molar-refractivity contribution < 1.29 is 19.1 Å². The van der Waals surface area contributed by atoms with Gasteiger partial charge in [-0.25, -0.2) is 9.78 Å². The van der Waals surface area contributed by atoms with E-state index in [9.17, 15) is 14.4 Å². The number of ether oxygens (including phenoxy) is 1. The van der Waals surface area contributed by atoms with Gasteiger partial charge in [0.2, 0.25) is 0 Å². The number of amides is 2. The molecule has 3 aromatic rings. The molecule has 0 bridgehead atoms. The number of benzene rings is 1. The second kappa shape index (κ2) is 9.21. The van der Waals surface area contributed by atoms with Crippen LogP contribution in [0, 0.1) is 12.8 Å². The maximum atomic E-state index is 12.4. The van der Waals surface area contributed by atoms with Crippen LogP contribution in [0.4, 0.5) is 5.69 Å². The lowest BCUT2D eigenvalue weighted by atomic mass is 10.1. The van der Waals surface area contributed by atoms with E-state index in [0.29, 0.717) is 29.4 Å². The number of fused-ring (bicyclic) bond motifs is 1. The van der Waals surface area contributed by atoms with Gasteiger partial charge in [-0.1, -0.05) is 32.0 Å². The smallest absolute Gasteiger partial charge is 0.359 e. The van der Waals surface area contributed by atoms with Gasteiger partial charge in [-0.05, 0) is 37.1 Å². The Morgan fingerprint density at radius 2 is 1.87 bits per heavy atom. The van der Waals surface area contributed by atoms with Crippen LogP contribution in [0.1, 0.15) is 40.4 Å². The Bertz CT molecular complexity index is 1090. The van der Waals surface area contributed by atoms with Gasteiger partial charge in [-0.2, -0.15) is 0 Å². The average molecular weight is 408 g/mol. The summed E-state index contributed by atoms with van der Waals surface area (Å²) in [6.45, 7) is 5.91. The Morgan fingerprint density at radius 1 is 1.10 bits per heavy atom. The van der Waals surface area contributed by atoms with E-state index in [0.717, 1.165) is 5.69 Å². The van der Waals surface area contributed by atoms with Crippen LogP contribution in [-0.2, 0) is 9.53 Å². The molecule has 2 N–H and O–H groups in total. The topological polar surface area (TPSA) is 102 Å². The second-order valence-corrected chi connectivity index (χ2v) is 7.30. The first-order valence-electron chi connectivity index (χ1n) is 9.64. The summed E-state index contributed by atoms with van der Waals surface area (Å²) in [5.74, 6) is -1.22. The molecule has 0 radical (unpaired) electrons. The molecule has 0 saturated carbocycles. The normalized spacial score (nSPS) is 10.8. The Morgan fingerprint density at radius 3 is 2.60 bits per heavy atom. The lowest BCUT2D eigenvalue weighted by Gasteiger charge is -2.12. The zero-order valence-electron chi connectivity index (χ0n) is 17.1. The number of aromatic nitrogens is 2. The number of anilines is 1. The minimum Gasteiger partial charge on any atom is -0.451 e. The third-order valence-corrected chi connectivity index (χ3v) is 4.36. The molecular formula is C22H24N4O4. The number of carbonyl (C=O) groups is 3. The second-order valence-electron chi connectivity index (χ2n) is 7.30. The van der Waals surface area contributed by atoms with Crippen LogP contribution >= 0.6 is 0 Å². The van der Waals surface area contributed by atoms with Gasteiger partial charge in [-0.3, -0.25) is 9.59 Å². The number of rotatable bonds is 7. The van der Waals surface area contributed by atoms with Gasteiger partial charge in [0, 0.05) is 18.4 Å². The highest BCUT2D eigenvalue weighted by molar-refractivity contribution is 6.04. The van der Waals surface area contributed by atoms with E-state index in [4.69, 9.17) is 4.74 Å². The summed E-state index contributed by atoms with van der Waals surface area (Å²) in [5.41, 5.74) is 2.35. The molecule has 1 aromatic carbocycles.